The second kappa shape index (κ2) is 8.79. The standard InChI is InChI=1S/C20H27N3O4/c1-15(25)21-22(14-24)13-16-8-10-17(11-9-16)18-7-5-6-12-23(18)19(26)27-20(2,3)4/h8-11,13-14,18H,5-7,12H2,1-4H3/p+1. The summed E-state index contributed by atoms with van der Waals surface area (Å²) in [7, 11) is 0. The number of carbonyl (C=O) groups excluding carboxylic acids is 3. The van der Waals surface area contributed by atoms with Gasteiger partial charge in [-0.05, 0) is 62.4 Å². The number of amides is 3. The van der Waals surface area contributed by atoms with Gasteiger partial charge in [0.1, 0.15) is 5.60 Å². The highest BCUT2D eigenvalue weighted by atomic mass is 16.6. The van der Waals surface area contributed by atoms with Crippen molar-refractivity contribution in [3.8, 4) is 0 Å². The molecule has 27 heavy (non-hydrogen) atoms. The lowest BCUT2D eigenvalue weighted by Crippen LogP contribution is -2.41. The van der Waals surface area contributed by atoms with Crippen LogP contribution in [0.1, 0.15) is 64.1 Å². The second-order valence-electron chi connectivity index (χ2n) is 7.66. The molecule has 0 aliphatic carbocycles. The van der Waals surface area contributed by atoms with Gasteiger partial charge in [-0.2, -0.15) is 0 Å². The zero-order valence-corrected chi connectivity index (χ0v) is 16.4. The van der Waals surface area contributed by atoms with Crippen LogP contribution in [0.2, 0.25) is 0 Å². The lowest BCUT2D eigenvalue weighted by Gasteiger charge is -2.37. The SMILES string of the molecule is CC(=O)N[N+](C=O)=Cc1ccc(C2CCCCN2C(=O)OC(C)(C)C)cc1. The molecule has 1 saturated heterocycles. The summed E-state index contributed by atoms with van der Waals surface area (Å²) in [4.78, 5) is 36.5. The molecular weight excluding hydrogens is 346 g/mol. The largest absolute Gasteiger partial charge is 0.444 e. The lowest BCUT2D eigenvalue weighted by atomic mass is 9.95. The fraction of sp³-hybridized carbons (Fsp3) is 0.500. The van der Waals surface area contributed by atoms with Gasteiger partial charge >= 0.3 is 12.5 Å². The molecule has 1 unspecified atom stereocenters. The number of hydrogen-bond acceptors (Lipinski definition) is 4. The number of hydrazine groups is 1. The first kappa shape index (κ1) is 20.6. The van der Waals surface area contributed by atoms with E-state index in [0.717, 1.165) is 35.1 Å². The van der Waals surface area contributed by atoms with Gasteiger partial charge in [-0.15, -0.1) is 5.43 Å². The van der Waals surface area contributed by atoms with E-state index in [2.05, 4.69) is 5.43 Å². The zero-order chi connectivity index (χ0) is 20.0. The quantitative estimate of drug-likeness (QED) is 0.380. The Kier molecular flexibility index (Phi) is 6.71. The first-order valence-electron chi connectivity index (χ1n) is 9.15. The smallest absolute Gasteiger partial charge is 0.410 e. The number of benzene rings is 1. The Morgan fingerprint density at radius 3 is 2.44 bits per heavy atom. The van der Waals surface area contributed by atoms with Gasteiger partial charge in [-0.25, -0.2) is 9.59 Å². The van der Waals surface area contributed by atoms with Crippen molar-refractivity contribution >= 4 is 24.6 Å². The van der Waals surface area contributed by atoms with E-state index in [4.69, 9.17) is 4.74 Å². The van der Waals surface area contributed by atoms with Gasteiger partial charge in [-0.3, -0.25) is 4.79 Å². The van der Waals surface area contributed by atoms with Gasteiger partial charge in [0.25, 0.3) is 5.91 Å². The van der Waals surface area contributed by atoms with Gasteiger partial charge in [0.2, 0.25) is 6.21 Å². The highest BCUT2D eigenvalue weighted by Crippen LogP contribution is 2.32. The maximum absolute atomic E-state index is 12.6. The van der Waals surface area contributed by atoms with Crippen LogP contribution < -0.4 is 5.43 Å². The van der Waals surface area contributed by atoms with Crippen molar-refractivity contribution in [2.75, 3.05) is 6.54 Å². The van der Waals surface area contributed by atoms with E-state index in [-0.39, 0.29) is 18.0 Å². The van der Waals surface area contributed by atoms with Crippen molar-refractivity contribution in [1.29, 1.82) is 0 Å². The molecule has 1 heterocycles. The van der Waals surface area contributed by atoms with Crippen LogP contribution in [0.25, 0.3) is 0 Å². The number of piperidine rings is 1. The highest BCUT2D eigenvalue weighted by molar-refractivity contribution is 5.79. The van der Waals surface area contributed by atoms with Crippen LogP contribution in [-0.2, 0) is 14.3 Å². The number of rotatable bonds is 4. The average molecular weight is 374 g/mol. The van der Waals surface area contributed by atoms with E-state index in [1.54, 1.807) is 4.90 Å². The molecule has 3 amide bonds. The lowest BCUT2D eigenvalue weighted by molar-refractivity contribution is -0.476. The van der Waals surface area contributed by atoms with Crippen molar-refractivity contribution < 1.29 is 23.8 Å². The summed E-state index contributed by atoms with van der Waals surface area (Å²) in [5.41, 5.74) is 3.66. The summed E-state index contributed by atoms with van der Waals surface area (Å²) in [6.07, 6.45) is 4.67. The highest BCUT2D eigenvalue weighted by Gasteiger charge is 2.31. The fourth-order valence-electron chi connectivity index (χ4n) is 3.05. The van der Waals surface area contributed by atoms with E-state index >= 15 is 0 Å². The Morgan fingerprint density at radius 2 is 1.89 bits per heavy atom. The third kappa shape index (κ3) is 6.20. The normalized spacial score (nSPS) is 18.0. The van der Waals surface area contributed by atoms with E-state index in [1.165, 1.54) is 13.1 Å². The molecule has 1 fully saturated rings. The van der Waals surface area contributed by atoms with Crippen LogP contribution in [0.3, 0.4) is 0 Å². The number of hydrogen-bond donors (Lipinski definition) is 1. The molecule has 0 spiro atoms. The number of carbonyl (C=O) groups is 3. The molecule has 1 aromatic carbocycles. The first-order valence-corrected chi connectivity index (χ1v) is 9.15. The van der Waals surface area contributed by atoms with Crippen molar-refractivity contribution in [1.82, 2.24) is 10.3 Å². The average Bonchev–Trinajstić information content (AvgIpc) is 2.60. The molecule has 1 atom stereocenters. The molecule has 146 valence electrons. The van der Waals surface area contributed by atoms with Crippen LogP contribution in [-0.4, -0.2) is 46.4 Å². The minimum absolute atomic E-state index is 0.0276. The minimum atomic E-state index is -0.528. The van der Waals surface area contributed by atoms with Crippen LogP contribution in [0.4, 0.5) is 4.79 Å². The number of nitrogens with one attached hydrogen (secondary N) is 1. The molecule has 1 N–H and O–H groups in total. The Balaban J connectivity index is 2.18. The van der Waals surface area contributed by atoms with E-state index < -0.39 is 5.60 Å². The van der Waals surface area contributed by atoms with Gasteiger partial charge in [0.15, 0.2) is 0 Å². The molecule has 0 aromatic heterocycles. The topological polar surface area (TPSA) is 78.7 Å². The second-order valence-corrected chi connectivity index (χ2v) is 7.66. The molecule has 7 nitrogen and oxygen atoms in total. The van der Waals surface area contributed by atoms with Crippen molar-refractivity contribution in [3.05, 3.63) is 35.4 Å². The first-order chi connectivity index (χ1) is 12.7. The summed E-state index contributed by atoms with van der Waals surface area (Å²) >= 11 is 0. The number of likely N-dealkylation sites (tertiary alicyclic amines) is 1. The maximum atomic E-state index is 12.6. The van der Waals surface area contributed by atoms with E-state index in [1.807, 2.05) is 45.0 Å². The third-order valence-corrected chi connectivity index (χ3v) is 4.14. The van der Waals surface area contributed by atoms with Gasteiger partial charge in [-0.1, -0.05) is 12.1 Å². The number of hydrazone groups is 1. The fourth-order valence-corrected chi connectivity index (χ4v) is 3.05. The Bertz CT molecular complexity index is 720. The number of ether oxygens (including phenoxy) is 1. The summed E-state index contributed by atoms with van der Waals surface area (Å²) in [5, 5.41) is 0. The molecule has 0 saturated carbocycles. The molecule has 7 heteroatoms. The number of nitrogens with zero attached hydrogens (tertiary/aromatic N) is 2. The van der Waals surface area contributed by atoms with Crippen LogP contribution in [0, 0.1) is 0 Å². The van der Waals surface area contributed by atoms with Gasteiger partial charge < -0.3 is 9.64 Å². The Hall–Kier alpha value is -2.70. The Labute approximate surface area is 160 Å². The molecule has 2 rings (SSSR count). The van der Waals surface area contributed by atoms with Gasteiger partial charge in [0, 0.05) is 19.0 Å². The summed E-state index contributed by atoms with van der Waals surface area (Å²) < 4.78 is 6.63. The third-order valence-electron chi connectivity index (χ3n) is 4.14. The molecule has 0 bridgehead atoms. The Morgan fingerprint density at radius 1 is 1.22 bits per heavy atom. The summed E-state index contributed by atoms with van der Waals surface area (Å²) in [6, 6.07) is 7.57. The van der Waals surface area contributed by atoms with E-state index in [9.17, 15) is 14.4 Å². The van der Waals surface area contributed by atoms with E-state index in [0.29, 0.717) is 13.0 Å². The molecular formula is C20H28N3O4+. The molecule has 1 aliphatic rings. The molecule has 1 aliphatic heterocycles. The van der Waals surface area contributed by atoms with Gasteiger partial charge in [0.05, 0.1) is 6.04 Å². The summed E-state index contributed by atoms with van der Waals surface area (Å²) in [5.74, 6) is -0.329. The monoisotopic (exact) mass is 374 g/mol. The zero-order valence-electron chi connectivity index (χ0n) is 16.4. The van der Waals surface area contributed by atoms with Crippen LogP contribution in [0.5, 0.6) is 0 Å². The maximum Gasteiger partial charge on any atom is 0.410 e. The predicted molar refractivity (Wildman–Crippen MR) is 101 cm³/mol. The van der Waals surface area contributed by atoms with Crippen molar-refractivity contribution in [2.24, 2.45) is 0 Å². The summed E-state index contributed by atoms with van der Waals surface area (Å²) in [6.45, 7) is 7.60. The van der Waals surface area contributed by atoms with Crippen molar-refractivity contribution in [3.63, 3.8) is 0 Å². The van der Waals surface area contributed by atoms with Crippen LogP contribution >= 0.6 is 0 Å². The predicted octanol–water partition coefficient (Wildman–Crippen LogP) is 2.79. The molecule has 0 radical (unpaired) electrons. The minimum Gasteiger partial charge on any atom is -0.444 e. The van der Waals surface area contributed by atoms with Crippen LogP contribution in [0.15, 0.2) is 24.3 Å². The van der Waals surface area contributed by atoms with Crippen molar-refractivity contribution in [2.45, 2.75) is 58.6 Å². The molecule has 1 aromatic rings.